The highest BCUT2D eigenvalue weighted by molar-refractivity contribution is 6.26. The lowest BCUT2D eigenvalue weighted by atomic mass is 10.3. The highest BCUT2D eigenvalue weighted by Crippen LogP contribution is 2.28. The summed E-state index contributed by atoms with van der Waals surface area (Å²) in [6.07, 6.45) is 2.94. The summed E-state index contributed by atoms with van der Waals surface area (Å²) in [5, 5.41) is -1.88. The van der Waals surface area contributed by atoms with E-state index in [2.05, 4.69) is 13.2 Å². The highest BCUT2D eigenvalue weighted by Gasteiger charge is 2.27. The second-order valence-electron chi connectivity index (χ2n) is 2.48. The van der Waals surface area contributed by atoms with Crippen molar-refractivity contribution in [3.05, 3.63) is 25.3 Å². The van der Waals surface area contributed by atoms with Crippen molar-refractivity contribution in [3.8, 4) is 0 Å². The molecule has 0 N–H and O–H groups in total. The standard InChI is InChI=1S/C8H12Cl2O/c1-5-7(3,9)11-8(4,10)6-2/h5-6H,1-2H2,3-4H3. The minimum Gasteiger partial charge on any atom is -0.331 e. The van der Waals surface area contributed by atoms with Gasteiger partial charge >= 0.3 is 0 Å². The van der Waals surface area contributed by atoms with Crippen molar-refractivity contribution in [2.75, 3.05) is 0 Å². The summed E-state index contributed by atoms with van der Waals surface area (Å²) in [6.45, 7) is 10.3. The fourth-order valence-electron chi connectivity index (χ4n) is 0.474. The first kappa shape index (κ1) is 11.0. The lowest BCUT2D eigenvalue weighted by molar-refractivity contribution is 0.00809. The Labute approximate surface area is 77.6 Å². The monoisotopic (exact) mass is 194 g/mol. The van der Waals surface area contributed by atoms with Gasteiger partial charge in [-0.15, -0.1) is 0 Å². The molecule has 2 atom stereocenters. The molecule has 0 rings (SSSR count). The summed E-state index contributed by atoms with van der Waals surface area (Å²) < 4.78 is 5.22. The second-order valence-corrected chi connectivity index (χ2v) is 3.98. The van der Waals surface area contributed by atoms with Crippen molar-refractivity contribution in [2.24, 2.45) is 0 Å². The maximum Gasteiger partial charge on any atom is 0.160 e. The van der Waals surface area contributed by atoms with E-state index in [1.165, 1.54) is 12.2 Å². The Morgan fingerprint density at radius 1 is 1.09 bits per heavy atom. The summed E-state index contributed by atoms with van der Waals surface area (Å²) in [4.78, 5) is 0. The van der Waals surface area contributed by atoms with E-state index in [9.17, 15) is 0 Å². The van der Waals surface area contributed by atoms with Gasteiger partial charge in [-0.2, -0.15) is 0 Å². The topological polar surface area (TPSA) is 9.23 Å². The molecular weight excluding hydrogens is 183 g/mol. The first-order chi connectivity index (χ1) is 4.83. The van der Waals surface area contributed by atoms with E-state index in [0.29, 0.717) is 0 Å². The smallest absolute Gasteiger partial charge is 0.160 e. The van der Waals surface area contributed by atoms with Crippen molar-refractivity contribution in [3.63, 3.8) is 0 Å². The van der Waals surface area contributed by atoms with E-state index in [1.807, 2.05) is 0 Å². The fourth-order valence-corrected chi connectivity index (χ4v) is 0.834. The summed E-state index contributed by atoms with van der Waals surface area (Å²) in [6, 6.07) is 0. The second kappa shape index (κ2) is 3.61. The fraction of sp³-hybridized carbons (Fsp3) is 0.500. The van der Waals surface area contributed by atoms with Gasteiger partial charge in [-0.1, -0.05) is 36.4 Å². The Morgan fingerprint density at radius 2 is 1.36 bits per heavy atom. The molecule has 11 heavy (non-hydrogen) atoms. The number of rotatable bonds is 4. The van der Waals surface area contributed by atoms with Gasteiger partial charge in [-0.25, -0.2) is 0 Å². The molecule has 0 heterocycles. The molecule has 1 nitrogen and oxygen atoms in total. The summed E-state index contributed by atoms with van der Waals surface area (Å²) >= 11 is 11.6. The zero-order valence-electron chi connectivity index (χ0n) is 6.73. The summed E-state index contributed by atoms with van der Waals surface area (Å²) in [5.74, 6) is 0. The van der Waals surface area contributed by atoms with Crippen LogP contribution in [-0.4, -0.2) is 10.1 Å². The van der Waals surface area contributed by atoms with Crippen LogP contribution in [0.1, 0.15) is 13.8 Å². The van der Waals surface area contributed by atoms with E-state index in [0.717, 1.165) is 0 Å². The Kier molecular flexibility index (Phi) is 3.62. The number of hydrogen-bond acceptors (Lipinski definition) is 1. The first-order valence-electron chi connectivity index (χ1n) is 3.18. The average molecular weight is 195 g/mol. The van der Waals surface area contributed by atoms with Gasteiger partial charge in [0.2, 0.25) is 0 Å². The molecule has 0 aromatic rings. The van der Waals surface area contributed by atoms with Crippen LogP contribution < -0.4 is 0 Å². The molecule has 0 saturated heterocycles. The minimum atomic E-state index is -0.940. The summed E-state index contributed by atoms with van der Waals surface area (Å²) in [5.41, 5.74) is 0. The van der Waals surface area contributed by atoms with Crippen molar-refractivity contribution < 1.29 is 4.74 Å². The van der Waals surface area contributed by atoms with Gasteiger partial charge in [0, 0.05) is 0 Å². The quantitative estimate of drug-likeness (QED) is 0.494. The molecular formula is C8H12Cl2O. The normalized spacial score (nSPS) is 21.5. The third kappa shape index (κ3) is 4.46. The van der Waals surface area contributed by atoms with Gasteiger partial charge in [0.25, 0.3) is 0 Å². The number of ether oxygens (including phenoxy) is 1. The van der Waals surface area contributed by atoms with Crippen LogP contribution in [0.5, 0.6) is 0 Å². The van der Waals surface area contributed by atoms with Crippen LogP contribution in [0.4, 0.5) is 0 Å². The third-order valence-electron chi connectivity index (χ3n) is 1.13. The molecule has 0 aliphatic rings. The van der Waals surface area contributed by atoms with Crippen LogP contribution in [0.3, 0.4) is 0 Å². The van der Waals surface area contributed by atoms with E-state index in [-0.39, 0.29) is 0 Å². The molecule has 0 radical (unpaired) electrons. The predicted octanol–water partition coefficient (Wildman–Crippen LogP) is 3.29. The molecule has 0 fully saturated rings. The highest BCUT2D eigenvalue weighted by atomic mass is 35.5. The van der Waals surface area contributed by atoms with Gasteiger partial charge in [0.1, 0.15) is 0 Å². The SMILES string of the molecule is C=CC(C)(Cl)OC(C)(Cl)C=C. The molecule has 2 unspecified atom stereocenters. The maximum atomic E-state index is 5.81. The van der Waals surface area contributed by atoms with Crippen molar-refractivity contribution in [2.45, 2.75) is 24.0 Å². The predicted molar refractivity (Wildman–Crippen MR) is 50.0 cm³/mol. The van der Waals surface area contributed by atoms with Gasteiger partial charge in [-0.05, 0) is 26.0 Å². The number of halogens is 2. The molecule has 3 heteroatoms. The van der Waals surface area contributed by atoms with E-state index < -0.39 is 10.1 Å². The third-order valence-corrected chi connectivity index (χ3v) is 1.59. The zero-order valence-corrected chi connectivity index (χ0v) is 8.24. The largest absolute Gasteiger partial charge is 0.331 e. The maximum absolute atomic E-state index is 5.81. The van der Waals surface area contributed by atoms with E-state index in [4.69, 9.17) is 27.9 Å². The Morgan fingerprint density at radius 3 is 1.55 bits per heavy atom. The molecule has 0 bridgehead atoms. The molecule has 0 aromatic heterocycles. The lowest BCUT2D eigenvalue weighted by Crippen LogP contribution is -2.29. The van der Waals surface area contributed by atoms with Gasteiger partial charge in [0.15, 0.2) is 10.1 Å². The average Bonchev–Trinajstić information content (AvgIpc) is 1.86. The first-order valence-corrected chi connectivity index (χ1v) is 3.94. The van der Waals surface area contributed by atoms with Gasteiger partial charge in [-0.3, -0.25) is 0 Å². The molecule has 0 aromatic carbocycles. The van der Waals surface area contributed by atoms with Gasteiger partial charge in [0.05, 0.1) is 0 Å². The molecule has 0 saturated carbocycles. The van der Waals surface area contributed by atoms with Crippen LogP contribution in [-0.2, 0) is 4.74 Å². The van der Waals surface area contributed by atoms with Crippen LogP contribution in [0.25, 0.3) is 0 Å². The minimum absolute atomic E-state index is 0.940. The van der Waals surface area contributed by atoms with Crippen LogP contribution in [0.15, 0.2) is 25.3 Å². The van der Waals surface area contributed by atoms with Crippen molar-refractivity contribution in [1.82, 2.24) is 0 Å². The Hall–Kier alpha value is 0.0200. The Balaban J connectivity index is 4.23. The van der Waals surface area contributed by atoms with E-state index >= 15 is 0 Å². The molecule has 0 aliphatic heterocycles. The molecule has 64 valence electrons. The number of hydrogen-bond donors (Lipinski definition) is 0. The van der Waals surface area contributed by atoms with Gasteiger partial charge < -0.3 is 4.74 Å². The van der Waals surface area contributed by atoms with Crippen LogP contribution in [0, 0.1) is 0 Å². The van der Waals surface area contributed by atoms with E-state index in [1.54, 1.807) is 13.8 Å². The van der Waals surface area contributed by atoms with Crippen molar-refractivity contribution in [1.29, 1.82) is 0 Å². The van der Waals surface area contributed by atoms with Crippen LogP contribution >= 0.6 is 23.2 Å². The molecule has 0 spiro atoms. The molecule has 0 aliphatic carbocycles. The Bertz CT molecular complexity index is 143. The lowest BCUT2D eigenvalue weighted by Gasteiger charge is -2.27. The van der Waals surface area contributed by atoms with Crippen LogP contribution in [0.2, 0.25) is 0 Å². The zero-order chi connectivity index (χ0) is 9.12. The van der Waals surface area contributed by atoms with Crippen molar-refractivity contribution >= 4 is 23.2 Å². The number of alkyl halides is 2. The molecule has 0 amide bonds. The summed E-state index contributed by atoms with van der Waals surface area (Å²) in [7, 11) is 0.